The van der Waals surface area contributed by atoms with Crippen molar-refractivity contribution in [3.63, 3.8) is 0 Å². The highest BCUT2D eigenvalue weighted by atomic mass is 15.1. The summed E-state index contributed by atoms with van der Waals surface area (Å²) in [4.78, 5) is 15.2. The van der Waals surface area contributed by atoms with Gasteiger partial charge in [0.15, 0.2) is 0 Å². The Morgan fingerprint density at radius 1 is 0.643 bits per heavy atom. The van der Waals surface area contributed by atoms with Crippen molar-refractivity contribution in [1.82, 2.24) is 19.9 Å². The zero-order chi connectivity index (χ0) is 9.64. The summed E-state index contributed by atoms with van der Waals surface area (Å²) in [6.07, 6.45) is 9.15. The molecule has 0 aromatic carbocycles. The lowest BCUT2D eigenvalue weighted by Gasteiger charge is -1.89. The number of aromatic nitrogens is 4. The largest absolute Gasteiger partial charge is 0.243 e. The molecule has 2 heterocycles. The summed E-state index contributed by atoms with van der Waals surface area (Å²) >= 11 is 0. The first kappa shape index (κ1) is 8.36. The van der Waals surface area contributed by atoms with Crippen LogP contribution >= 0.6 is 0 Å². The van der Waals surface area contributed by atoms with Gasteiger partial charge in [-0.05, 0) is 0 Å². The Hall–Kier alpha value is -2.24. The standard InChI is InChI=1S/C8H6N6/c1-7(2-10-5-9-1)13-14-8-3-11-6-12-4-8/h1-6H. The molecule has 14 heavy (non-hydrogen) atoms. The predicted octanol–water partition coefficient (Wildman–Crippen LogP) is 1.68. The monoisotopic (exact) mass is 186 g/mol. The van der Waals surface area contributed by atoms with Gasteiger partial charge in [0.2, 0.25) is 0 Å². The molecule has 2 rings (SSSR count). The molecule has 0 saturated heterocycles. The van der Waals surface area contributed by atoms with Crippen LogP contribution in [-0.2, 0) is 0 Å². The van der Waals surface area contributed by atoms with E-state index in [1.807, 2.05) is 0 Å². The summed E-state index contributed by atoms with van der Waals surface area (Å²) in [6, 6.07) is 0. The minimum atomic E-state index is 0.594. The van der Waals surface area contributed by atoms with Crippen molar-refractivity contribution in [2.75, 3.05) is 0 Å². The molecule has 0 aliphatic heterocycles. The molecule has 0 amide bonds. The molecule has 0 radical (unpaired) electrons. The topological polar surface area (TPSA) is 76.3 Å². The summed E-state index contributed by atoms with van der Waals surface area (Å²) in [7, 11) is 0. The van der Waals surface area contributed by atoms with E-state index in [0.717, 1.165) is 0 Å². The predicted molar refractivity (Wildman–Crippen MR) is 48.2 cm³/mol. The summed E-state index contributed by atoms with van der Waals surface area (Å²) in [5, 5.41) is 7.79. The molecule has 0 N–H and O–H groups in total. The van der Waals surface area contributed by atoms with Crippen LogP contribution in [0.5, 0.6) is 0 Å². The second kappa shape index (κ2) is 4.13. The molecule has 0 aliphatic rings. The SMILES string of the molecule is c1ncc(N=Nc2cncnc2)cn1. The molecule has 6 nitrogen and oxygen atoms in total. The third-order valence-electron chi connectivity index (χ3n) is 1.37. The lowest BCUT2D eigenvalue weighted by Crippen LogP contribution is -1.74. The van der Waals surface area contributed by atoms with E-state index in [4.69, 9.17) is 0 Å². The van der Waals surface area contributed by atoms with Gasteiger partial charge in [0.05, 0.1) is 24.8 Å². The van der Waals surface area contributed by atoms with Gasteiger partial charge in [-0.25, -0.2) is 19.9 Å². The van der Waals surface area contributed by atoms with Crippen LogP contribution in [0.1, 0.15) is 0 Å². The van der Waals surface area contributed by atoms with Crippen LogP contribution in [0.3, 0.4) is 0 Å². The zero-order valence-electron chi connectivity index (χ0n) is 7.15. The Bertz CT molecular complexity index is 371. The highest BCUT2D eigenvalue weighted by molar-refractivity contribution is 5.32. The van der Waals surface area contributed by atoms with Crippen LogP contribution in [-0.4, -0.2) is 19.9 Å². The molecule has 2 aromatic heterocycles. The van der Waals surface area contributed by atoms with Gasteiger partial charge in [0, 0.05) is 0 Å². The Balaban J connectivity index is 2.16. The Morgan fingerprint density at radius 3 is 1.36 bits per heavy atom. The van der Waals surface area contributed by atoms with Crippen molar-refractivity contribution in [1.29, 1.82) is 0 Å². The Morgan fingerprint density at radius 2 is 1.00 bits per heavy atom. The van der Waals surface area contributed by atoms with E-state index in [9.17, 15) is 0 Å². The van der Waals surface area contributed by atoms with E-state index < -0.39 is 0 Å². The number of hydrogen-bond donors (Lipinski definition) is 0. The maximum Gasteiger partial charge on any atom is 0.122 e. The molecule has 2 aromatic rings. The lowest BCUT2D eigenvalue weighted by atomic mass is 10.5. The van der Waals surface area contributed by atoms with Crippen LogP contribution in [0.25, 0.3) is 0 Å². The van der Waals surface area contributed by atoms with Crippen molar-refractivity contribution in [2.45, 2.75) is 0 Å². The van der Waals surface area contributed by atoms with Crippen LogP contribution < -0.4 is 0 Å². The number of azo groups is 1. The van der Waals surface area contributed by atoms with Crippen molar-refractivity contribution in [3.8, 4) is 0 Å². The first-order valence-corrected chi connectivity index (χ1v) is 3.87. The smallest absolute Gasteiger partial charge is 0.122 e. The van der Waals surface area contributed by atoms with Crippen LogP contribution in [0.15, 0.2) is 47.7 Å². The van der Waals surface area contributed by atoms with Gasteiger partial charge in [-0.1, -0.05) is 0 Å². The molecule has 0 fully saturated rings. The van der Waals surface area contributed by atoms with E-state index in [1.165, 1.54) is 12.7 Å². The van der Waals surface area contributed by atoms with Gasteiger partial charge in [-0.15, -0.1) is 10.2 Å². The van der Waals surface area contributed by atoms with Gasteiger partial charge < -0.3 is 0 Å². The molecular weight excluding hydrogens is 180 g/mol. The van der Waals surface area contributed by atoms with Crippen molar-refractivity contribution in [2.24, 2.45) is 10.2 Å². The number of rotatable bonds is 2. The molecule has 68 valence electrons. The molecule has 0 bridgehead atoms. The second-order valence-electron chi connectivity index (χ2n) is 2.39. The first-order valence-electron chi connectivity index (χ1n) is 3.87. The summed E-state index contributed by atoms with van der Waals surface area (Å²) in [5.41, 5.74) is 1.19. The molecule has 0 aliphatic carbocycles. The second-order valence-corrected chi connectivity index (χ2v) is 2.39. The van der Waals surface area contributed by atoms with Crippen LogP contribution in [0.2, 0.25) is 0 Å². The highest BCUT2D eigenvalue weighted by Crippen LogP contribution is 2.13. The Labute approximate surface area is 79.8 Å². The van der Waals surface area contributed by atoms with Crippen molar-refractivity contribution in [3.05, 3.63) is 37.4 Å². The van der Waals surface area contributed by atoms with Crippen LogP contribution in [0, 0.1) is 0 Å². The van der Waals surface area contributed by atoms with Gasteiger partial charge in [0.25, 0.3) is 0 Å². The van der Waals surface area contributed by atoms with Gasteiger partial charge >= 0.3 is 0 Å². The summed E-state index contributed by atoms with van der Waals surface area (Å²) in [5.74, 6) is 0. The molecule has 6 heteroatoms. The molecule has 0 saturated carbocycles. The maximum absolute atomic E-state index is 3.90. The minimum absolute atomic E-state index is 0.594. The third kappa shape index (κ3) is 2.13. The average molecular weight is 186 g/mol. The number of hydrogen-bond acceptors (Lipinski definition) is 6. The fourth-order valence-corrected chi connectivity index (χ4v) is 0.801. The number of nitrogens with zero attached hydrogens (tertiary/aromatic N) is 6. The minimum Gasteiger partial charge on any atom is -0.243 e. The molecule has 0 atom stereocenters. The maximum atomic E-state index is 3.90. The third-order valence-corrected chi connectivity index (χ3v) is 1.37. The lowest BCUT2D eigenvalue weighted by molar-refractivity contribution is 1.09. The zero-order valence-corrected chi connectivity index (χ0v) is 7.15. The molecular formula is C8H6N6. The molecule has 0 unspecified atom stereocenters. The van der Waals surface area contributed by atoms with Gasteiger partial charge in [0.1, 0.15) is 24.0 Å². The quantitative estimate of drug-likeness (QED) is 0.668. The fraction of sp³-hybridized carbons (Fsp3) is 0. The van der Waals surface area contributed by atoms with E-state index in [2.05, 4.69) is 30.2 Å². The average Bonchev–Trinajstić information content (AvgIpc) is 2.29. The van der Waals surface area contributed by atoms with E-state index in [-0.39, 0.29) is 0 Å². The summed E-state index contributed by atoms with van der Waals surface area (Å²) < 4.78 is 0. The summed E-state index contributed by atoms with van der Waals surface area (Å²) in [6.45, 7) is 0. The van der Waals surface area contributed by atoms with E-state index in [1.54, 1.807) is 24.8 Å². The van der Waals surface area contributed by atoms with Gasteiger partial charge in [-0.2, -0.15) is 0 Å². The van der Waals surface area contributed by atoms with E-state index in [0.29, 0.717) is 11.4 Å². The van der Waals surface area contributed by atoms with Crippen molar-refractivity contribution >= 4 is 11.4 Å². The normalized spacial score (nSPS) is 10.6. The Kier molecular flexibility index (Phi) is 2.46. The molecule has 0 spiro atoms. The van der Waals surface area contributed by atoms with Crippen molar-refractivity contribution < 1.29 is 0 Å². The van der Waals surface area contributed by atoms with Gasteiger partial charge in [-0.3, -0.25) is 0 Å². The fourth-order valence-electron chi connectivity index (χ4n) is 0.801. The van der Waals surface area contributed by atoms with Crippen LogP contribution in [0.4, 0.5) is 11.4 Å². The van der Waals surface area contributed by atoms with E-state index >= 15 is 0 Å². The highest BCUT2D eigenvalue weighted by Gasteiger charge is 1.89. The first-order chi connectivity index (χ1) is 6.95.